The molecule has 4 rings (SSSR count). The molecule has 0 amide bonds. The molecule has 0 spiro atoms. The number of rotatable bonds is 3. The standard InChI is InChI=1S/C19H14FN3OS/c1-11-15(14-4-2-3-5-16(14)21-11)10-17-18(24)23-19(25-17)22-13-8-6-12(20)7-9-13/h2-10,24H,1H3,(H,22,23). The normalized spacial score (nSPS) is 14.5. The van der Waals surface area contributed by atoms with Crippen LogP contribution in [0.1, 0.15) is 17.4 Å². The van der Waals surface area contributed by atoms with Gasteiger partial charge in [0.2, 0.25) is 5.88 Å². The molecule has 0 unspecified atom stereocenters. The van der Waals surface area contributed by atoms with Crippen molar-refractivity contribution in [1.82, 2.24) is 4.98 Å². The lowest BCUT2D eigenvalue weighted by Gasteiger charge is -2.01. The number of aromatic nitrogens is 1. The van der Waals surface area contributed by atoms with Crippen LogP contribution in [0.4, 0.5) is 20.9 Å². The molecule has 25 heavy (non-hydrogen) atoms. The fourth-order valence-electron chi connectivity index (χ4n) is 2.68. The summed E-state index contributed by atoms with van der Waals surface area (Å²) in [6, 6.07) is 13.9. The minimum atomic E-state index is -0.299. The van der Waals surface area contributed by atoms with Crippen LogP contribution in [-0.4, -0.2) is 15.8 Å². The van der Waals surface area contributed by atoms with E-state index in [9.17, 15) is 9.50 Å². The maximum Gasteiger partial charge on any atom is 0.231 e. The van der Waals surface area contributed by atoms with E-state index in [4.69, 9.17) is 0 Å². The summed E-state index contributed by atoms with van der Waals surface area (Å²) in [5.74, 6) is -0.341. The van der Waals surface area contributed by atoms with Gasteiger partial charge in [0.15, 0.2) is 5.13 Å². The van der Waals surface area contributed by atoms with Crippen LogP contribution in [0.2, 0.25) is 0 Å². The van der Waals surface area contributed by atoms with Crippen molar-refractivity contribution in [2.24, 2.45) is 4.99 Å². The Hall–Kier alpha value is -2.99. The summed E-state index contributed by atoms with van der Waals surface area (Å²) in [5, 5.41) is 13.8. The topological polar surface area (TPSA) is 57.5 Å². The molecule has 0 atom stereocenters. The summed E-state index contributed by atoms with van der Waals surface area (Å²) in [6.07, 6.45) is 1.90. The van der Waals surface area contributed by atoms with Gasteiger partial charge < -0.3 is 10.4 Å². The molecule has 2 N–H and O–H groups in total. The van der Waals surface area contributed by atoms with Crippen LogP contribution in [-0.2, 0) is 0 Å². The number of halogens is 1. The van der Waals surface area contributed by atoms with Gasteiger partial charge in [-0.25, -0.2) is 4.39 Å². The van der Waals surface area contributed by atoms with Crippen molar-refractivity contribution in [3.8, 4) is 5.88 Å². The summed E-state index contributed by atoms with van der Waals surface area (Å²) < 4.78 is 13.0. The average molecular weight is 351 g/mol. The summed E-state index contributed by atoms with van der Waals surface area (Å²) >= 11 is 1.32. The average Bonchev–Trinajstić information content (AvgIpc) is 3.10. The molecule has 0 bridgehead atoms. The molecule has 0 fully saturated rings. The highest BCUT2D eigenvalue weighted by atomic mass is 32.1. The molecule has 6 heteroatoms. The number of hydrogen-bond acceptors (Lipinski definition) is 5. The first kappa shape index (κ1) is 15.5. The third-order valence-electron chi connectivity index (χ3n) is 3.88. The molecule has 0 saturated carbocycles. The summed E-state index contributed by atoms with van der Waals surface area (Å²) in [5.41, 5.74) is 4.56. The van der Waals surface area contributed by atoms with Crippen LogP contribution >= 0.6 is 11.3 Å². The lowest BCUT2D eigenvalue weighted by molar-refractivity contribution is 0.457. The van der Waals surface area contributed by atoms with E-state index in [1.807, 2.05) is 37.3 Å². The molecule has 0 aliphatic carbocycles. The molecule has 0 radical (unpaired) electrons. The fourth-order valence-corrected chi connectivity index (χ4v) is 3.50. The second kappa shape index (κ2) is 6.14. The smallest absolute Gasteiger partial charge is 0.231 e. The van der Waals surface area contributed by atoms with Gasteiger partial charge in [-0.1, -0.05) is 29.5 Å². The minimum absolute atomic E-state index is 0.0423. The third kappa shape index (κ3) is 3.04. The number of anilines is 2. The zero-order valence-electron chi connectivity index (χ0n) is 13.3. The van der Waals surface area contributed by atoms with Gasteiger partial charge in [0.05, 0.1) is 10.6 Å². The predicted molar refractivity (Wildman–Crippen MR) is 101 cm³/mol. The SMILES string of the molecule is CC1=Nc2ccccc2C1=Cc1sc(Nc2ccc(F)cc2)nc1O. The van der Waals surface area contributed by atoms with Gasteiger partial charge in [-0.3, -0.25) is 4.99 Å². The Morgan fingerprint density at radius 3 is 2.68 bits per heavy atom. The number of para-hydroxylation sites is 1. The van der Waals surface area contributed by atoms with Crippen molar-refractivity contribution < 1.29 is 9.50 Å². The maximum absolute atomic E-state index is 13.0. The third-order valence-corrected chi connectivity index (χ3v) is 4.78. The molecular weight excluding hydrogens is 337 g/mol. The second-order valence-electron chi connectivity index (χ2n) is 5.61. The number of benzene rings is 2. The van der Waals surface area contributed by atoms with Gasteiger partial charge in [-0.15, -0.1) is 0 Å². The number of hydrogen-bond donors (Lipinski definition) is 2. The molecule has 1 aliphatic heterocycles. The van der Waals surface area contributed by atoms with Crippen LogP contribution in [0.5, 0.6) is 5.88 Å². The molecule has 2 heterocycles. The molecule has 1 aromatic heterocycles. The summed E-state index contributed by atoms with van der Waals surface area (Å²) in [4.78, 5) is 9.32. The fraction of sp³-hybridized carbons (Fsp3) is 0.0526. The lowest BCUT2D eigenvalue weighted by Crippen LogP contribution is -1.89. The van der Waals surface area contributed by atoms with E-state index in [0.29, 0.717) is 15.7 Å². The van der Waals surface area contributed by atoms with Gasteiger partial charge in [0.1, 0.15) is 5.82 Å². The van der Waals surface area contributed by atoms with Crippen molar-refractivity contribution in [2.75, 3.05) is 5.32 Å². The van der Waals surface area contributed by atoms with Crippen molar-refractivity contribution in [3.05, 3.63) is 64.8 Å². The van der Waals surface area contributed by atoms with Gasteiger partial charge in [-0.05, 0) is 43.3 Å². The highest BCUT2D eigenvalue weighted by molar-refractivity contribution is 7.16. The molecule has 1 aliphatic rings. The number of allylic oxidation sites excluding steroid dienone is 1. The first-order chi connectivity index (χ1) is 12.1. The predicted octanol–water partition coefficient (Wildman–Crippen LogP) is 5.38. The zero-order valence-corrected chi connectivity index (χ0v) is 14.1. The van der Waals surface area contributed by atoms with Crippen molar-refractivity contribution in [2.45, 2.75) is 6.92 Å². The quantitative estimate of drug-likeness (QED) is 0.666. The van der Waals surface area contributed by atoms with Crippen molar-refractivity contribution in [1.29, 1.82) is 0 Å². The van der Waals surface area contributed by atoms with Gasteiger partial charge >= 0.3 is 0 Å². The molecular formula is C19H14FN3OS. The summed E-state index contributed by atoms with van der Waals surface area (Å²) in [7, 11) is 0. The van der Waals surface area contributed by atoms with E-state index in [-0.39, 0.29) is 11.7 Å². The number of thiazole rings is 1. The van der Waals surface area contributed by atoms with Crippen LogP contribution in [0.3, 0.4) is 0 Å². The number of fused-ring (bicyclic) bond motifs is 1. The Morgan fingerprint density at radius 2 is 1.88 bits per heavy atom. The van der Waals surface area contributed by atoms with E-state index in [2.05, 4.69) is 15.3 Å². The molecule has 3 aromatic rings. The maximum atomic E-state index is 13.0. The highest BCUT2D eigenvalue weighted by Crippen LogP contribution is 2.39. The number of nitrogens with zero attached hydrogens (tertiary/aromatic N) is 2. The number of nitrogens with one attached hydrogen (secondary N) is 1. The first-order valence-electron chi connectivity index (χ1n) is 7.69. The van der Waals surface area contributed by atoms with Gasteiger partial charge in [0.25, 0.3) is 0 Å². The van der Waals surface area contributed by atoms with E-state index >= 15 is 0 Å². The number of aromatic hydroxyl groups is 1. The Morgan fingerprint density at radius 1 is 1.12 bits per heavy atom. The molecule has 4 nitrogen and oxygen atoms in total. The minimum Gasteiger partial charge on any atom is -0.492 e. The van der Waals surface area contributed by atoms with Crippen molar-refractivity contribution >= 4 is 45.2 Å². The number of aliphatic imine (C=N–C) groups is 1. The highest BCUT2D eigenvalue weighted by Gasteiger charge is 2.18. The van der Waals surface area contributed by atoms with E-state index in [1.165, 1.54) is 23.5 Å². The Bertz CT molecular complexity index is 1010. The van der Waals surface area contributed by atoms with Gasteiger partial charge in [0, 0.05) is 22.5 Å². The van der Waals surface area contributed by atoms with E-state index in [0.717, 1.165) is 22.5 Å². The second-order valence-corrected chi connectivity index (χ2v) is 6.64. The summed E-state index contributed by atoms with van der Waals surface area (Å²) in [6.45, 7) is 1.95. The van der Waals surface area contributed by atoms with Gasteiger partial charge in [-0.2, -0.15) is 4.98 Å². The monoisotopic (exact) mass is 351 g/mol. The van der Waals surface area contributed by atoms with Crippen LogP contribution in [0.25, 0.3) is 11.6 Å². The molecule has 0 saturated heterocycles. The van der Waals surface area contributed by atoms with Crippen LogP contribution < -0.4 is 5.32 Å². The van der Waals surface area contributed by atoms with E-state index < -0.39 is 0 Å². The van der Waals surface area contributed by atoms with Crippen LogP contribution in [0.15, 0.2) is 53.5 Å². The lowest BCUT2D eigenvalue weighted by atomic mass is 10.0. The zero-order chi connectivity index (χ0) is 17.4. The molecule has 124 valence electrons. The van der Waals surface area contributed by atoms with Crippen LogP contribution in [0, 0.1) is 5.82 Å². The largest absolute Gasteiger partial charge is 0.492 e. The molecule has 2 aromatic carbocycles. The Balaban J connectivity index is 1.65. The van der Waals surface area contributed by atoms with Crippen molar-refractivity contribution in [3.63, 3.8) is 0 Å². The Kier molecular flexibility index (Phi) is 3.82. The van der Waals surface area contributed by atoms with E-state index in [1.54, 1.807) is 12.1 Å². The first-order valence-corrected chi connectivity index (χ1v) is 8.51. The Labute approximate surface area is 148 Å².